The molecule has 3 rings (SSSR count). The SMILES string of the molecule is OCc1ccc(CO[Si](c2ccccc2)c2ccccc2)o1. The van der Waals surface area contributed by atoms with Crippen LogP contribution in [0.1, 0.15) is 11.5 Å². The van der Waals surface area contributed by atoms with Gasteiger partial charge in [0.1, 0.15) is 18.1 Å². The second kappa shape index (κ2) is 7.22. The van der Waals surface area contributed by atoms with Gasteiger partial charge in [0.15, 0.2) is 0 Å². The Morgan fingerprint density at radius 3 is 1.82 bits per heavy atom. The summed E-state index contributed by atoms with van der Waals surface area (Å²) in [7, 11) is -1.32. The lowest BCUT2D eigenvalue weighted by atomic mass is 10.4. The average Bonchev–Trinajstić information content (AvgIpc) is 3.05. The molecule has 0 saturated carbocycles. The lowest BCUT2D eigenvalue weighted by Gasteiger charge is -2.15. The number of hydrogen-bond acceptors (Lipinski definition) is 3. The van der Waals surface area contributed by atoms with E-state index in [2.05, 4.69) is 24.3 Å². The molecule has 0 atom stereocenters. The predicted octanol–water partition coefficient (Wildman–Crippen LogP) is 2.09. The van der Waals surface area contributed by atoms with Crippen LogP contribution in [0.5, 0.6) is 0 Å². The molecule has 0 bridgehead atoms. The second-order valence-electron chi connectivity index (χ2n) is 4.88. The van der Waals surface area contributed by atoms with Crippen molar-refractivity contribution in [1.82, 2.24) is 0 Å². The molecular weight excluding hydrogens is 292 g/mol. The monoisotopic (exact) mass is 309 g/mol. The van der Waals surface area contributed by atoms with Crippen LogP contribution in [0.3, 0.4) is 0 Å². The summed E-state index contributed by atoms with van der Waals surface area (Å²) < 4.78 is 11.7. The minimum absolute atomic E-state index is 0.0881. The van der Waals surface area contributed by atoms with Gasteiger partial charge in [-0.1, -0.05) is 60.7 Å². The number of furan rings is 1. The highest BCUT2D eigenvalue weighted by Crippen LogP contribution is 2.09. The molecule has 0 saturated heterocycles. The first-order chi connectivity index (χ1) is 10.9. The first kappa shape index (κ1) is 14.8. The average molecular weight is 309 g/mol. The van der Waals surface area contributed by atoms with E-state index < -0.39 is 9.04 Å². The lowest BCUT2D eigenvalue weighted by molar-refractivity contribution is 0.227. The molecule has 3 aromatic rings. The van der Waals surface area contributed by atoms with E-state index in [9.17, 15) is 0 Å². The maximum atomic E-state index is 9.06. The van der Waals surface area contributed by atoms with Crippen LogP contribution in [0.15, 0.2) is 77.2 Å². The van der Waals surface area contributed by atoms with Gasteiger partial charge in [-0.05, 0) is 22.5 Å². The molecule has 0 fully saturated rings. The maximum Gasteiger partial charge on any atom is 0.283 e. The van der Waals surface area contributed by atoms with Crippen molar-refractivity contribution >= 4 is 19.4 Å². The highest BCUT2D eigenvalue weighted by atomic mass is 28.3. The van der Waals surface area contributed by atoms with Gasteiger partial charge in [-0.3, -0.25) is 0 Å². The van der Waals surface area contributed by atoms with E-state index in [0.717, 1.165) is 5.76 Å². The molecular formula is C18H17O3Si. The number of benzene rings is 2. The number of rotatable bonds is 6. The maximum absolute atomic E-state index is 9.06. The minimum atomic E-state index is -1.32. The minimum Gasteiger partial charge on any atom is -0.461 e. The van der Waals surface area contributed by atoms with Gasteiger partial charge in [0, 0.05) is 0 Å². The van der Waals surface area contributed by atoms with Crippen molar-refractivity contribution in [2.45, 2.75) is 13.2 Å². The van der Waals surface area contributed by atoms with Gasteiger partial charge in [0.2, 0.25) is 0 Å². The summed E-state index contributed by atoms with van der Waals surface area (Å²) in [4.78, 5) is 0. The van der Waals surface area contributed by atoms with Gasteiger partial charge in [-0.15, -0.1) is 0 Å². The Kier molecular flexibility index (Phi) is 4.85. The van der Waals surface area contributed by atoms with Gasteiger partial charge in [0.25, 0.3) is 9.04 Å². The number of aliphatic hydroxyl groups is 1. The largest absolute Gasteiger partial charge is 0.461 e. The quantitative estimate of drug-likeness (QED) is 0.709. The first-order valence-electron chi connectivity index (χ1n) is 7.16. The molecule has 3 nitrogen and oxygen atoms in total. The molecule has 4 heteroatoms. The van der Waals surface area contributed by atoms with E-state index in [0.29, 0.717) is 12.4 Å². The van der Waals surface area contributed by atoms with Gasteiger partial charge in [0.05, 0.1) is 6.61 Å². The smallest absolute Gasteiger partial charge is 0.283 e. The van der Waals surface area contributed by atoms with Crippen molar-refractivity contribution in [3.63, 3.8) is 0 Å². The van der Waals surface area contributed by atoms with Gasteiger partial charge < -0.3 is 13.9 Å². The third kappa shape index (κ3) is 3.54. The molecule has 0 amide bonds. The molecule has 1 radical (unpaired) electrons. The molecule has 0 unspecified atom stereocenters. The fraction of sp³-hybridized carbons (Fsp3) is 0.111. The zero-order valence-corrected chi connectivity index (χ0v) is 13.1. The third-order valence-corrected chi connectivity index (χ3v) is 5.45. The van der Waals surface area contributed by atoms with E-state index in [1.807, 2.05) is 42.5 Å². The van der Waals surface area contributed by atoms with Crippen LogP contribution in [0, 0.1) is 0 Å². The summed E-state index contributed by atoms with van der Waals surface area (Å²) >= 11 is 0. The van der Waals surface area contributed by atoms with E-state index in [1.54, 1.807) is 6.07 Å². The van der Waals surface area contributed by atoms with Crippen LogP contribution >= 0.6 is 0 Å². The molecule has 1 N–H and O–H groups in total. The first-order valence-corrected chi connectivity index (χ1v) is 8.56. The van der Waals surface area contributed by atoms with Gasteiger partial charge >= 0.3 is 0 Å². The molecule has 22 heavy (non-hydrogen) atoms. The fourth-order valence-corrected chi connectivity index (χ4v) is 4.18. The standard InChI is InChI=1S/C18H17O3Si/c19-13-15-11-12-16(21-15)14-20-22(17-7-3-1-4-8-17)18-9-5-2-6-10-18/h1-12,19H,13-14H2. The normalized spacial score (nSPS) is 11.0. The molecule has 111 valence electrons. The van der Waals surface area contributed by atoms with E-state index in [4.69, 9.17) is 13.9 Å². The summed E-state index contributed by atoms with van der Waals surface area (Å²) in [5.41, 5.74) is 0. The van der Waals surface area contributed by atoms with Crippen molar-refractivity contribution in [2.75, 3.05) is 0 Å². The Labute approximate surface area is 131 Å². The summed E-state index contributed by atoms with van der Waals surface area (Å²) in [6, 6.07) is 24.2. The Morgan fingerprint density at radius 1 is 0.773 bits per heavy atom. The van der Waals surface area contributed by atoms with Crippen LogP contribution in [0.2, 0.25) is 0 Å². The number of hydrogen-bond donors (Lipinski definition) is 1. The van der Waals surface area contributed by atoms with Crippen LogP contribution in [0.4, 0.5) is 0 Å². The lowest BCUT2D eigenvalue weighted by Crippen LogP contribution is -2.44. The van der Waals surface area contributed by atoms with E-state index in [1.165, 1.54) is 10.4 Å². The Morgan fingerprint density at radius 2 is 1.32 bits per heavy atom. The predicted molar refractivity (Wildman–Crippen MR) is 87.3 cm³/mol. The van der Waals surface area contributed by atoms with E-state index in [-0.39, 0.29) is 6.61 Å². The molecule has 0 aliphatic carbocycles. The zero-order chi connectivity index (χ0) is 15.2. The van der Waals surface area contributed by atoms with Gasteiger partial charge in [-0.25, -0.2) is 0 Å². The van der Waals surface area contributed by atoms with Crippen molar-refractivity contribution in [3.05, 3.63) is 84.3 Å². The second-order valence-corrected chi connectivity index (χ2v) is 6.98. The molecule has 2 aromatic carbocycles. The summed E-state index contributed by atoms with van der Waals surface area (Å²) in [6.45, 7) is 0.313. The van der Waals surface area contributed by atoms with Crippen LogP contribution in [-0.4, -0.2) is 14.1 Å². The molecule has 0 aliphatic heterocycles. The highest BCUT2D eigenvalue weighted by molar-refractivity contribution is 6.79. The summed E-state index contributed by atoms with van der Waals surface area (Å²) in [6.07, 6.45) is 0. The zero-order valence-electron chi connectivity index (χ0n) is 12.1. The number of aliphatic hydroxyl groups excluding tert-OH is 1. The third-order valence-electron chi connectivity index (χ3n) is 3.30. The molecule has 0 spiro atoms. The van der Waals surface area contributed by atoms with Gasteiger partial charge in [-0.2, -0.15) is 0 Å². The van der Waals surface area contributed by atoms with Crippen LogP contribution in [0.25, 0.3) is 0 Å². The molecule has 1 aromatic heterocycles. The van der Waals surface area contributed by atoms with Crippen molar-refractivity contribution in [1.29, 1.82) is 0 Å². The van der Waals surface area contributed by atoms with Crippen molar-refractivity contribution in [3.8, 4) is 0 Å². The summed E-state index contributed by atoms with van der Waals surface area (Å²) in [5.74, 6) is 1.30. The summed E-state index contributed by atoms with van der Waals surface area (Å²) in [5, 5.41) is 11.5. The Bertz CT molecular complexity index is 655. The topological polar surface area (TPSA) is 42.6 Å². The van der Waals surface area contributed by atoms with Crippen molar-refractivity contribution in [2.24, 2.45) is 0 Å². The Hall–Kier alpha value is -2.14. The fourth-order valence-electron chi connectivity index (χ4n) is 2.24. The Balaban J connectivity index is 1.80. The van der Waals surface area contributed by atoms with Crippen LogP contribution in [-0.2, 0) is 17.6 Å². The highest BCUT2D eigenvalue weighted by Gasteiger charge is 2.19. The molecule has 0 aliphatic rings. The van der Waals surface area contributed by atoms with Crippen molar-refractivity contribution < 1.29 is 13.9 Å². The van der Waals surface area contributed by atoms with Crippen LogP contribution < -0.4 is 10.4 Å². The molecule has 1 heterocycles. The van der Waals surface area contributed by atoms with E-state index >= 15 is 0 Å².